The number of hydrogen-bond donors (Lipinski definition) is 1. The highest BCUT2D eigenvalue weighted by Gasteiger charge is 2.44. The van der Waals surface area contributed by atoms with E-state index in [9.17, 15) is 9.90 Å². The van der Waals surface area contributed by atoms with Crippen LogP contribution in [0.15, 0.2) is 66.7 Å². The van der Waals surface area contributed by atoms with Gasteiger partial charge in [0.25, 0.3) is 5.91 Å². The number of rotatable bonds is 12. The van der Waals surface area contributed by atoms with Gasteiger partial charge in [-0.3, -0.25) is 14.5 Å². The molecule has 3 atom stereocenters. The van der Waals surface area contributed by atoms with Crippen LogP contribution in [0.5, 0.6) is 11.5 Å². The summed E-state index contributed by atoms with van der Waals surface area (Å²) in [7, 11) is 3.31. The van der Waals surface area contributed by atoms with Crippen LogP contribution in [0.1, 0.15) is 57.9 Å². The molecular weight excluding hydrogens is 622 g/mol. The second-order valence-electron chi connectivity index (χ2n) is 14.2. The lowest BCUT2D eigenvalue weighted by molar-refractivity contribution is -0.245. The van der Waals surface area contributed by atoms with Gasteiger partial charge in [0.15, 0.2) is 6.61 Å². The third-order valence-electron chi connectivity index (χ3n) is 9.51. The topological polar surface area (TPSA) is 101 Å². The fourth-order valence-electron chi connectivity index (χ4n) is 6.93. The Hall–Kier alpha value is -3.96. The Morgan fingerprint density at radius 1 is 1.02 bits per heavy atom. The van der Waals surface area contributed by atoms with Crippen LogP contribution in [0.4, 0.5) is 11.4 Å². The zero-order chi connectivity index (χ0) is 34.7. The number of benzene rings is 3. The second-order valence-corrected chi connectivity index (χ2v) is 14.2. The average molecular weight is 672 g/mol. The average Bonchev–Trinajstić information content (AvgIpc) is 3.94. The molecule has 0 bridgehead atoms. The smallest absolute Gasteiger partial charge is 0.265 e. The molecule has 0 aromatic heterocycles. The quantitative estimate of drug-likeness (QED) is 0.190. The molecule has 0 spiro atoms. The number of piperidine rings is 1. The van der Waals surface area contributed by atoms with Gasteiger partial charge in [0.2, 0.25) is 12.3 Å². The second kappa shape index (κ2) is 14.9. The van der Waals surface area contributed by atoms with E-state index in [1.807, 2.05) is 73.0 Å². The maximum atomic E-state index is 15.0. The lowest BCUT2D eigenvalue weighted by Crippen LogP contribution is -2.53. The Balaban J connectivity index is 1.34. The number of fused-ring (bicyclic) bond motifs is 1. The van der Waals surface area contributed by atoms with E-state index in [2.05, 4.69) is 24.3 Å². The summed E-state index contributed by atoms with van der Waals surface area (Å²) >= 11 is 0. The highest BCUT2D eigenvalue weighted by Crippen LogP contribution is 2.43. The molecule has 1 unspecified atom stereocenters. The molecule has 2 fully saturated rings. The molecule has 3 aromatic carbocycles. The maximum Gasteiger partial charge on any atom is 0.265 e. The predicted octanol–water partition coefficient (Wildman–Crippen LogP) is 5.82. The van der Waals surface area contributed by atoms with Gasteiger partial charge < -0.3 is 33.9 Å². The normalized spacial score (nSPS) is 20.4. The van der Waals surface area contributed by atoms with Crippen LogP contribution in [-0.4, -0.2) is 86.9 Å². The zero-order valence-electron chi connectivity index (χ0n) is 29.3. The van der Waals surface area contributed by atoms with Crippen molar-refractivity contribution >= 4 is 23.2 Å². The van der Waals surface area contributed by atoms with Crippen molar-refractivity contribution in [2.45, 2.75) is 70.4 Å². The summed E-state index contributed by atoms with van der Waals surface area (Å²) in [6.07, 6.45) is 2.03. The van der Waals surface area contributed by atoms with Gasteiger partial charge in [-0.15, -0.1) is 0 Å². The van der Waals surface area contributed by atoms with Crippen molar-refractivity contribution in [2.24, 2.45) is 5.92 Å². The SMILES string of the molecule is COCCCN1C(=O)COc2ccc(N(C(=O)[C@H]3CN(C(O)OC(C)(C)C)CC[C@@H]3c3cccc(-c4ccc(OC)cc4)c3)C3CC3)cc21. The van der Waals surface area contributed by atoms with Crippen LogP contribution < -0.4 is 19.3 Å². The number of nitrogens with zero attached hydrogens (tertiary/aromatic N) is 3. The number of methoxy groups -OCH3 is 2. The number of hydrogen-bond acceptors (Lipinski definition) is 8. The first-order valence-electron chi connectivity index (χ1n) is 17.3. The number of carbonyl (C=O) groups excluding carboxylic acids is 2. The molecule has 6 rings (SSSR count). The zero-order valence-corrected chi connectivity index (χ0v) is 29.3. The van der Waals surface area contributed by atoms with Crippen LogP contribution in [0.2, 0.25) is 0 Å². The van der Waals surface area contributed by atoms with E-state index < -0.39 is 17.9 Å². The third kappa shape index (κ3) is 8.10. The monoisotopic (exact) mass is 671 g/mol. The van der Waals surface area contributed by atoms with Gasteiger partial charge in [-0.05, 0) is 99.4 Å². The molecule has 1 saturated heterocycles. The van der Waals surface area contributed by atoms with Crippen molar-refractivity contribution in [3.63, 3.8) is 0 Å². The van der Waals surface area contributed by atoms with Gasteiger partial charge in [-0.2, -0.15) is 0 Å². The summed E-state index contributed by atoms with van der Waals surface area (Å²) in [5.74, 6) is 0.777. The van der Waals surface area contributed by atoms with Gasteiger partial charge in [-0.1, -0.05) is 36.4 Å². The van der Waals surface area contributed by atoms with Gasteiger partial charge in [-0.25, -0.2) is 0 Å². The molecule has 1 saturated carbocycles. The van der Waals surface area contributed by atoms with E-state index in [4.69, 9.17) is 18.9 Å². The van der Waals surface area contributed by atoms with Crippen LogP contribution in [0.25, 0.3) is 11.1 Å². The van der Waals surface area contributed by atoms with Crippen molar-refractivity contribution in [1.29, 1.82) is 0 Å². The van der Waals surface area contributed by atoms with Gasteiger partial charge in [0.1, 0.15) is 11.5 Å². The van der Waals surface area contributed by atoms with Crippen molar-refractivity contribution in [1.82, 2.24) is 4.90 Å². The van der Waals surface area contributed by atoms with Crippen LogP contribution in [0.3, 0.4) is 0 Å². The summed E-state index contributed by atoms with van der Waals surface area (Å²) < 4.78 is 22.4. The Labute approximate surface area is 289 Å². The molecule has 10 nitrogen and oxygen atoms in total. The number of carbonyl (C=O) groups is 2. The number of aliphatic hydroxyl groups is 1. The molecule has 3 aliphatic rings. The number of aliphatic hydroxyl groups excluding tert-OH is 1. The van der Waals surface area contributed by atoms with Crippen LogP contribution in [-0.2, 0) is 19.1 Å². The molecule has 2 amide bonds. The third-order valence-corrected chi connectivity index (χ3v) is 9.51. The molecule has 2 aliphatic heterocycles. The summed E-state index contributed by atoms with van der Waals surface area (Å²) in [6.45, 7) is 7.68. The van der Waals surface area contributed by atoms with Gasteiger partial charge >= 0.3 is 0 Å². The highest BCUT2D eigenvalue weighted by molar-refractivity contribution is 6.01. The molecule has 262 valence electrons. The molecule has 1 N–H and O–H groups in total. The molecule has 2 heterocycles. The van der Waals surface area contributed by atoms with Crippen LogP contribution in [0, 0.1) is 5.92 Å². The first kappa shape index (κ1) is 34.9. The van der Waals surface area contributed by atoms with E-state index in [1.165, 1.54) is 0 Å². The molecular formula is C39H49N3O7. The Morgan fingerprint density at radius 2 is 1.80 bits per heavy atom. The number of amides is 2. The fraction of sp³-hybridized carbons (Fsp3) is 0.487. The van der Waals surface area contributed by atoms with E-state index in [-0.39, 0.29) is 30.4 Å². The summed E-state index contributed by atoms with van der Waals surface area (Å²) in [5.41, 5.74) is 4.08. The van der Waals surface area contributed by atoms with Crippen molar-refractivity contribution < 1.29 is 33.6 Å². The van der Waals surface area contributed by atoms with Gasteiger partial charge in [0, 0.05) is 45.1 Å². The van der Waals surface area contributed by atoms with Crippen LogP contribution >= 0.6 is 0 Å². The molecule has 10 heteroatoms. The fourth-order valence-corrected chi connectivity index (χ4v) is 6.93. The maximum absolute atomic E-state index is 15.0. The first-order valence-corrected chi connectivity index (χ1v) is 17.3. The predicted molar refractivity (Wildman–Crippen MR) is 189 cm³/mol. The van der Waals surface area contributed by atoms with E-state index >= 15 is 4.79 Å². The van der Waals surface area contributed by atoms with Crippen molar-refractivity contribution in [3.8, 4) is 22.6 Å². The summed E-state index contributed by atoms with van der Waals surface area (Å²) in [4.78, 5) is 33.5. The number of anilines is 2. The lowest BCUT2D eigenvalue weighted by atomic mass is 9.78. The van der Waals surface area contributed by atoms with E-state index in [1.54, 1.807) is 19.1 Å². The summed E-state index contributed by atoms with van der Waals surface area (Å²) in [6, 6.07) is 22.2. The molecule has 49 heavy (non-hydrogen) atoms. The lowest BCUT2D eigenvalue weighted by Gasteiger charge is -2.43. The first-order chi connectivity index (χ1) is 23.6. The highest BCUT2D eigenvalue weighted by atomic mass is 16.6. The Kier molecular flexibility index (Phi) is 10.6. The van der Waals surface area contributed by atoms with Crippen molar-refractivity contribution in [3.05, 3.63) is 72.3 Å². The number of ether oxygens (including phenoxy) is 4. The largest absolute Gasteiger partial charge is 0.497 e. The molecule has 1 aliphatic carbocycles. The molecule has 0 radical (unpaired) electrons. The minimum Gasteiger partial charge on any atom is -0.497 e. The minimum atomic E-state index is -1.14. The van der Waals surface area contributed by atoms with Crippen molar-refractivity contribution in [2.75, 3.05) is 56.9 Å². The van der Waals surface area contributed by atoms with E-state index in [0.29, 0.717) is 50.5 Å². The standard InChI is InChI=1S/C39H49N3O7/c1-39(2,3)49-38(45)40-20-18-32(28-9-6-8-27(22-28)26-10-15-31(47-5)16-11-26)33(24-40)37(44)42(29-12-13-29)30-14-17-35-34(23-30)41(19-7-21-46-4)36(43)25-48-35/h6,8-11,14-17,22-23,29,32-33,38,45H,7,12-13,18-21,24-25H2,1-5H3/t32-,33+,38?/m1/s1. The Bertz CT molecular complexity index is 1620. The minimum absolute atomic E-state index is 0.00365. The van der Waals surface area contributed by atoms with Gasteiger partial charge in [0.05, 0.1) is 24.3 Å². The summed E-state index contributed by atoms with van der Waals surface area (Å²) in [5, 5.41) is 11.2. The molecule has 3 aromatic rings. The number of likely N-dealkylation sites (tertiary alicyclic amines) is 1. The Morgan fingerprint density at radius 3 is 2.49 bits per heavy atom. The van der Waals surface area contributed by atoms with E-state index in [0.717, 1.165) is 41.0 Å².